The minimum Gasteiger partial charge on any atom is -0.469 e. The minimum atomic E-state index is -0.592. The predicted octanol–water partition coefficient (Wildman–Crippen LogP) is 1.60. The molecule has 2 heterocycles. The number of hydrogen-bond acceptors (Lipinski definition) is 6. The molecule has 0 N–H and O–H groups in total. The Kier molecular flexibility index (Phi) is 3.70. The Morgan fingerprint density at radius 3 is 2.88 bits per heavy atom. The molecule has 17 heavy (non-hydrogen) atoms. The summed E-state index contributed by atoms with van der Waals surface area (Å²) in [7, 11) is 0. The molecule has 1 aliphatic rings. The van der Waals surface area contributed by atoms with E-state index in [-0.39, 0.29) is 23.0 Å². The number of rotatable bonds is 3. The van der Waals surface area contributed by atoms with Gasteiger partial charge in [0.1, 0.15) is 12.3 Å². The van der Waals surface area contributed by atoms with Crippen molar-refractivity contribution in [3.63, 3.8) is 0 Å². The maximum absolute atomic E-state index is 10.8. The molecule has 1 fully saturated rings. The Labute approximate surface area is 102 Å². The van der Waals surface area contributed by atoms with Crippen LogP contribution in [0.25, 0.3) is 0 Å². The van der Waals surface area contributed by atoms with E-state index in [1.165, 1.54) is 0 Å². The highest BCUT2D eigenvalue weighted by Gasteiger charge is 2.23. The van der Waals surface area contributed by atoms with E-state index in [1.54, 1.807) is 0 Å². The van der Waals surface area contributed by atoms with Crippen LogP contribution in [0.15, 0.2) is 6.20 Å². The Morgan fingerprint density at radius 1 is 1.53 bits per heavy atom. The summed E-state index contributed by atoms with van der Waals surface area (Å²) in [6, 6.07) is 0. The first-order valence-electron chi connectivity index (χ1n) is 5.08. The van der Waals surface area contributed by atoms with Crippen molar-refractivity contribution in [1.29, 1.82) is 0 Å². The van der Waals surface area contributed by atoms with Crippen molar-refractivity contribution in [3.05, 3.63) is 21.6 Å². The Balaban J connectivity index is 2.17. The molecule has 0 saturated carbocycles. The van der Waals surface area contributed by atoms with Crippen molar-refractivity contribution in [3.8, 4) is 5.88 Å². The lowest BCUT2D eigenvalue weighted by atomic mass is 10.1. The lowest BCUT2D eigenvalue weighted by Crippen LogP contribution is -2.26. The summed E-state index contributed by atoms with van der Waals surface area (Å²) in [6.07, 6.45) is 2.27. The summed E-state index contributed by atoms with van der Waals surface area (Å²) in [5, 5.41) is 10.7. The molecule has 0 aromatic carbocycles. The molecule has 0 amide bonds. The average molecular weight is 260 g/mol. The molecule has 2 rings (SSSR count). The third kappa shape index (κ3) is 3.01. The first-order valence-corrected chi connectivity index (χ1v) is 5.46. The molecule has 0 spiro atoms. The van der Waals surface area contributed by atoms with Gasteiger partial charge in [0.05, 0.1) is 18.1 Å². The summed E-state index contributed by atoms with van der Waals surface area (Å²) >= 11 is 5.59. The fraction of sp³-hybridized carbons (Fsp3) is 0.556. The Morgan fingerprint density at radius 2 is 2.24 bits per heavy atom. The van der Waals surface area contributed by atoms with Gasteiger partial charge in [0.25, 0.3) is 5.88 Å². The van der Waals surface area contributed by atoms with Crippen molar-refractivity contribution in [2.75, 3.05) is 13.2 Å². The summed E-state index contributed by atoms with van der Waals surface area (Å²) in [4.78, 5) is 17.5. The molecular formula is C9H10ClN3O4. The van der Waals surface area contributed by atoms with Crippen LogP contribution < -0.4 is 4.74 Å². The molecular weight excluding hydrogens is 250 g/mol. The molecule has 0 radical (unpaired) electrons. The van der Waals surface area contributed by atoms with Crippen LogP contribution in [-0.2, 0) is 4.74 Å². The van der Waals surface area contributed by atoms with Gasteiger partial charge in [-0.05, 0) is 11.6 Å². The van der Waals surface area contributed by atoms with E-state index in [2.05, 4.69) is 9.97 Å². The fourth-order valence-corrected chi connectivity index (χ4v) is 1.63. The molecule has 0 bridgehead atoms. The number of nitro groups is 1. The van der Waals surface area contributed by atoms with E-state index in [0.717, 1.165) is 6.20 Å². The molecule has 0 unspecified atom stereocenters. The largest absolute Gasteiger partial charge is 0.469 e. The molecule has 0 aliphatic carbocycles. The summed E-state index contributed by atoms with van der Waals surface area (Å²) in [5.41, 5.74) is -0.277. The van der Waals surface area contributed by atoms with Crippen LogP contribution in [0.5, 0.6) is 5.88 Å². The number of hydrogen-bond donors (Lipinski definition) is 0. The van der Waals surface area contributed by atoms with Crippen molar-refractivity contribution < 1.29 is 14.4 Å². The highest BCUT2D eigenvalue weighted by atomic mass is 35.5. The van der Waals surface area contributed by atoms with Crippen molar-refractivity contribution in [2.45, 2.75) is 18.9 Å². The van der Waals surface area contributed by atoms with Gasteiger partial charge in [-0.2, -0.15) is 4.98 Å². The van der Waals surface area contributed by atoms with E-state index in [4.69, 9.17) is 21.1 Å². The Bertz CT molecular complexity index is 423. The van der Waals surface area contributed by atoms with Crippen LogP contribution in [0, 0.1) is 10.1 Å². The molecule has 1 aromatic rings. The highest BCUT2D eigenvalue weighted by Crippen LogP contribution is 2.27. The Hall–Kier alpha value is -1.47. The van der Waals surface area contributed by atoms with Crippen LogP contribution in [-0.4, -0.2) is 34.2 Å². The first kappa shape index (κ1) is 12.0. The van der Waals surface area contributed by atoms with Crippen molar-refractivity contribution in [1.82, 2.24) is 9.97 Å². The van der Waals surface area contributed by atoms with Gasteiger partial charge in [0.15, 0.2) is 0 Å². The van der Waals surface area contributed by atoms with Crippen LogP contribution in [0.4, 0.5) is 5.69 Å². The third-order valence-electron chi connectivity index (χ3n) is 2.35. The topological polar surface area (TPSA) is 87.4 Å². The van der Waals surface area contributed by atoms with Crippen molar-refractivity contribution >= 4 is 17.3 Å². The van der Waals surface area contributed by atoms with Gasteiger partial charge >= 0.3 is 5.69 Å². The number of ether oxygens (including phenoxy) is 2. The lowest BCUT2D eigenvalue weighted by Gasteiger charge is -2.22. The number of nitrogens with zero attached hydrogens (tertiary/aromatic N) is 3. The average Bonchev–Trinajstić information content (AvgIpc) is 2.30. The summed E-state index contributed by atoms with van der Waals surface area (Å²) < 4.78 is 10.6. The zero-order valence-electron chi connectivity index (χ0n) is 8.84. The van der Waals surface area contributed by atoms with Gasteiger partial charge in [-0.1, -0.05) is 0 Å². The predicted molar refractivity (Wildman–Crippen MR) is 58.2 cm³/mol. The highest BCUT2D eigenvalue weighted by molar-refractivity contribution is 6.28. The molecule has 92 valence electrons. The van der Waals surface area contributed by atoms with Gasteiger partial charge in [0.2, 0.25) is 5.28 Å². The monoisotopic (exact) mass is 259 g/mol. The minimum absolute atomic E-state index is 0.0716. The van der Waals surface area contributed by atoms with Gasteiger partial charge in [-0.15, -0.1) is 0 Å². The van der Waals surface area contributed by atoms with Gasteiger partial charge < -0.3 is 9.47 Å². The van der Waals surface area contributed by atoms with E-state index in [9.17, 15) is 10.1 Å². The van der Waals surface area contributed by atoms with E-state index in [0.29, 0.717) is 26.1 Å². The molecule has 1 saturated heterocycles. The zero-order valence-corrected chi connectivity index (χ0v) is 9.59. The maximum atomic E-state index is 10.8. The molecule has 8 heteroatoms. The quantitative estimate of drug-likeness (QED) is 0.465. The SMILES string of the molecule is O=[N+]([O-])c1cnc(Cl)nc1OC1CCOCC1. The standard InChI is InChI=1S/C9H10ClN3O4/c10-9-11-5-7(13(14)15)8(12-9)17-6-1-3-16-4-2-6/h5-6H,1-4H2. The first-order chi connectivity index (χ1) is 8.16. The molecule has 0 atom stereocenters. The van der Waals surface area contributed by atoms with E-state index >= 15 is 0 Å². The second kappa shape index (κ2) is 5.24. The normalized spacial score (nSPS) is 16.8. The van der Waals surface area contributed by atoms with E-state index < -0.39 is 4.92 Å². The smallest absolute Gasteiger partial charge is 0.349 e. The number of halogens is 1. The second-order valence-electron chi connectivity index (χ2n) is 3.52. The summed E-state index contributed by atoms with van der Waals surface area (Å²) in [5.74, 6) is -0.0816. The molecule has 7 nitrogen and oxygen atoms in total. The van der Waals surface area contributed by atoms with E-state index in [1.807, 2.05) is 0 Å². The third-order valence-corrected chi connectivity index (χ3v) is 2.53. The second-order valence-corrected chi connectivity index (χ2v) is 3.85. The maximum Gasteiger partial charge on any atom is 0.349 e. The lowest BCUT2D eigenvalue weighted by molar-refractivity contribution is -0.386. The van der Waals surface area contributed by atoms with Gasteiger partial charge in [-0.3, -0.25) is 10.1 Å². The zero-order chi connectivity index (χ0) is 12.3. The summed E-state index contributed by atoms with van der Waals surface area (Å²) in [6.45, 7) is 1.16. The van der Waals surface area contributed by atoms with Crippen LogP contribution in [0.3, 0.4) is 0 Å². The fourth-order valence-electron chi connectivity index (χ4n) is 1.50. The van der Waals surface area contributed by atoms with Crippen molar-refractivity contribution in [2.24, 2.45) is 0 Å². The van der Waals surface area contributed by atoms with Crippen LogP contribution >= 0.6 is 11.6 Å². The number of aromatic nitrogens is 2. The molecule has 1 aliphatic heterocycles. The molecule has 1 aromatic heterocycles. The van der Waals surface area contributed by atoms with Crippen LogP contribution in [0.1, 0.15) is 12.8 Å². The van der Waals surface area contributed by atoms with Gasteiger partial charge in [0, 0.05) is 12.8 Å². The van der Waals surface area contributed by atoms with Gasteiger partial charge in [-0.25, -0.2) is 4.98 Å². The van der Waals surface area contributed by atoms with Crippen LogP contribution in [0.2, 0.25) is 5.28 Å².